The Morgan fingerprint density at radius 1 is 0.969 bits per heavy atom. The molecule has 3 aliphatic rings. The van der Waals surface area contributed by atoms with E-state index in [1.807, 2.05) is 4.90 Å². The predicted octanol–water partition coefficient (Wildman–Crippen LogP) is 5.07. The zero-order valence-corrected chi connectivity index (χ0v) is 19.9. The highest BCUT2D eigenvalue weighted by Gasteiger charge is 2.30. The lowest BCUT2D eigenvalue weighted by Gasteiger charge is -2.26. The maximum atomic E-state index is 12.9. The normalized spacial score (nSPS) is 21.4. The number of benzene rings is 2. The second kappa shape index (κ2) is 10.4. The molecule has 1 amide bonds. The van der Waals surface area contributed by atoms with Crippen molar-refractivity contribution in [1.29, 1.82) is 0 Å². The van der Waals surface area contributed by atoms with E-state index in [-0.39, 0.29) is 18.3 Å². The van der Waals surface area contributed by atoms with Crippen molar-refractivity contribution in [3.8, 4) is 11.1 Å². The van der Waals surface area contributed by atoms with Crippen LogP contribution in [0.15, 0.2) is 42.5 Å². The van der Waals surface area contributed by atoms with Crippen molar-refractivity contribution < 1.29 is 9.53 Å². The second-order valence-electron chi connectivity index (χ2n) is 9.54. The van der Waals surface area contributed by atoms with Crippen molar-refractivity contribution >= 4 is 18.3 Å². The Balaban J connectivity index is 0.00000245. The van der Waals surface area contributed by atoms with Crippen molar-refractivity contribution in [3.05, 3.63) is 59.2 Å². The predicted molar refractivity (Wildman–Crippen MR) is 131 cm³/mol. The number of fused-ring (bicyclic) bond motifs is 1. The molecule has 2 aromatic rings. The Hall–Kier alpha value is -1.88. The molecule has 172 valence electrons. The van der Waals surface area contributed by atoms with E-state index >= 15 is 0 Å². The van der Waals surface area contributed by atoms with Crippen LogP contribution in [0, 0.1) is 5.92 Å². The van der Waals surface area contributed by atoms with Gasteiger partial charge >= 0.3 is 0 Å². The Labute approximate surface area is 198 Å². The molecule has 0 N–H and O–H groups in total. The molecule has 5 heteroatoms. The van der Waals surface area contributed by atoms with Crippen molar-refractivity contribution in [1.82, 2.24) is 9.80 Å². The molecule has 0 radical (unpaired) electrons. The summed E-state index contributed by atoms with van der Waals surface area (Å²) in [7, 11) is 0. The minimum absolute atomic E-state index is 0. The number of hydrogen-bond donors (Lipinski definition) is 0. The lowest BCUT2D eigenvalue weighted by atomic mass is 9.99. The summed E-state index contributed by atoms with van der Waals surface area (Å²) in [5, 5.41) is 0. The third kappa shape index (κ3) is 5.03. The molecule has 32 heavy (non-hydrogen) atoms. The van der Waals surface area contributed by atoms with Crippen molar-refractivity contribution in [2.45, 2.75) is 58.2 Å². The highest BCUT2D eigenvalue weighted by atomic mass is 35.5. The van der Waals surface area contributed by atoms with E-state index in [4.69, 9.17) is 4.74 Å². The number of amides is 1. The summed E-state index contributed by atoms with van der Waals surface area (Å²) in [6.45, 7) is 7.69. The van der Waals surface area contributed by atoms with Gasteiger partial charge in [0.15, 0.2) is 0 Å². The molecule has 3 aliphatic heterocycles. The van der Waals surface area contributed by atoms with Crippen LogP contribution >= 0.6 is 12.4 Å². The Bertz CT molecular complexity index is 924. The summed E-state index contributed by atoms with van der Waals surface area (Å²) in [4.78, 5) is 17.6. The summed E-state index contributed by atoms with van der Waals surface area (Å²) in [5.41, 5.74) is 6.51. The Kier molecular flexibility index (Phi) is 7.55. The van der Waals surface area contributed by atoms with Gasteiger partial charge in [0.05, 0.1) is 0 Å². The lowest BCUT2D eigenvalue weighted by molar-refractivity contribution is -0.139. The fraction of sp³-hybridized carbons (Fsp3) is 0.519. The largest absolute Gasteiger partial charge is 0.381 e. The number of likely N-dealkylation sites (tertiary alicyclic amines) is 1. The molecule has 4 nitrogen and oxygen atoms in total. The topological polar surface area (TPSA) is 32.8 Å². The highest BCUT2D eigenvalue weighted by molar-refractivity contribution is 5.85. The minimum atomic E-state index is 0. The molecule has 0 aromatic heterocycles. The first kappa shape index (κ1) is 23.3. The van der Waals surface area contributed by atoms with Gasteiger partial charge in [0.25, 0.3) is 0 Å². The van der Waals surface area contributed by atoms with Gasteiger partial charge in [0.2, 0.25) is 5.91 Å². The van der Waals surface area contributed by atoms with Gasteiger partial charge in [0, 0.05) is 44.8 Å². The third-order valence-corrected chi connectivity index (χ3v) is 7.48. The molecule has 2 aromatic carbocycles. The zero-order valence-electron chi connectivity index (χ0n) is 19.1. The van der Waals surface area contributed by atoms with E-state index < -0.39 is 0 Å². The molecule has 5 rings (SSSR count). The van der Waals surface area contributed by atoms with Crippen molar-refractivity contribution in [2.75, 3.05) is 26.3 Å². The third-order valence-electron chi connectivity index (χ3n) is 7.48. The maximum absolute atomic E-state index is 12.9. The smallest absolute Gasteiger partial charge is 0.226 e. The van der Waals surface area contributed by atoms with E-state index in [2.05, 4.69) is 54.3 Å². The van der Waals surface area contributed by atoms with Crippen LogP contribution in [0.4, 0.5) is 0 Å². The van der Waals surface area contributed by atoms with Crippen LogP contribution in [0.2, 0.25) is 0 Å². The summed E-state index contributed by atoms with van der Waals surface area (Å²) < 4.78 is 5.42. The molecule has 1 atom stereocenters. The first-order valence-electron chi connectivity index (χ1n) is 12.0. The van der Waals surface area contributed by atoms with Gasteiger partial charge in [0.1, 0.15) is 0 Å². The van der Waals surface area contributed by atoms with Gasteiger partial charge in [-0.15, -0.1) is 12.4 Å². The lowest BCUT2D eigenvalue weighted by Crippen LogP contribution is -2.35. The van der Waals surface area contributed by atoms with Crippen LogP contribution in [0.5, 0.6) is 0 Å². The SMILES string of the molecule is CC1CCCN1CCc1ccc(-c2ccc3c(c2)CN(C(=O)C2CCOCC2)C3)cc1.Cl. The number of ether oxygens (including phenoxy) is 1. The van der Waals surface area contributed by atoms with E-state index in [1.54, 1.807) is 0 Å². The molecule has 1 unspecified atom stereocenters. The highest BCUT2D eigenvalue weighted by Crippen LogP contribution is 2.31. The number of rotatable bonds is 5. The molecule has 0 spiro atoms. The van der Waals surface area contributed by atoms with Gasteiger partial charge in [-0.05, 0) is 79.5 Å². The van der Waals surface area contributed by atoms with Gasteiger partial charge in [-0.25, -0.2) is 0 Å². The molecule has 0 aliphatic carbocycles. The van der Waals surface area contributed by atoms with Crippen molar-refractivity contribution in [2.24, 2.45) is 5.92 Å². The Morgan fingerprint density at radius 3 is 2.41 bits per heavy atom. The van der Waals surface area contributed by atoms with Crippen LogP contribution in [-0.4, -0.2) is 48.1 Å². The number of carbonyl (C=O) groups excluding carboxylic acids is 1. The van der Waals surface area contributed by atoms with Gasteiger partial charge in [-0.1, -0.05) is 36.4 Å². The van der Waals surface area contributed by atoms with E-state index in [9.17, 15) is 4.79 Å². The van der Waals surface area contributed by atoms with Crippen LogP contribution in [-0.2, 0) is 29.0 Å². The van der Waals surface area contributed by atoms with Crippen LogP contribution in [0.25, 0.3) is 11.1 Å². The van der Waals surface area contributed by atoms with Crippen LogP contribution in [0.3, 0.4) is 0 Å². The van der Waals surface area contributed by atoms with Crippen LogP contribution in [0.1, 0.15) is 49.3 Å². The van der Waals surface area contributed by atoms with Crippen LogP contribution < -0.4 is 0 Å². The van der Waals surface area contributed by atoms with E-state index in [0.717, 1.165) is 44.9 Å². The maximum Gasteiger partial charge on any atom is 0.226 e. The van der Waals surface area contributed by atoms with Crippen molar-refractivity contribution in [3.63, 3.8) is 0 Å². The standard InChI is InChI=1S/C27H34N2O2.ClH/c1-20-3-2-13-28(20)14-10-21-4-6-22(7-5-21)24-8-9-25-18-29(19-26(25)17-24)27(30)23-11-15-31-16-12-23;/h4-9,17,20,23H,2-3,10-16,18-19H2,1H3;1H. The zero-order chi connectivity index (χ0) is 21.2. The Morgan fingerprint density at radius 2 is 1.69 bits per heavy atom. The average molecular weight is 455 g/mol. The fourth-order valence-electron chi connectivity index (χ4n) is 5.39. The number of nitrogens with zero attached hydrogens (tertiary/aromatic N) is 2. The number of halogens is 1. The quantitative estimate of drug-likeness (QED) is 0.632. The van der Waals surface area contributed by atoms with Gasteiger partial charge in [-0.2, -0.15) is 0 Å². The first-order chi connectivity index (χ1) is 15.2. The second-order valence-corrected chi connectivity index (χ2v) is 9.54. The molecule has 3 heterocycles. The summed E-state index contributed by atoms with van der Waals surface area (Å²) in [6.07, 6.45) is 5.53. The summed E-state index contributed by atoms with van der Waals surface area (Å²) >= 11 is 0. The molecule has 2 fully saturated rings. The number of hydrogen-bond acceptors (Lipinski definition) is 3. The summed E-state index contributed by atoms with van der Waals surface area (Å²) in [5.74, 6) is 0.441. The molecular weight excluding hydrogens is 420 g/mol. The van der Waals surface area contributed by atoms with E-state index in [0.29, 0.717) is 19.1 Å². The fourth-order valence-corrected chi connectivity index (χ4v) is 5.39. The summed E-state index contributed by atoms with van der Waals surface area (Å²) in [6, 6.07) is 16.5. The van der Waals surface area contributed by atoms with Gasteiger partial charge in [-0.3, -0.25) is 4.79 Å². The molecular formula is C27H35ClN2O2. The first-order valence-corrected chi connectivity index (χ1v) is 12.0. The average Bonchev–Trinajstić information content (AvgIpc) is 3.43. The van der Waals surface area contributed by atoms with Gasteiger partial charge < -0.3 is 14.5 Å². The van der Waals surface area contributed by atoms with E-state index in [1.165, 1.54) is 47.2 Å². The molecule has 0 saturated carbocycles. The minimum Gasteiger partial charge on any atom is -0.381 e. The number of carbonyl (C=O) groups is 1. The monoisotopic (exact) mass is 454 g/mol. The molecule has 2 saturated heterocycles. The molecule has 0 bridgehead atoms.